The second-order valence-corrected chi connectivity index (χ2v) is 3.84. The molecule has 2 heteroatoms. The van der Waals surface area contributed by atoms with Gasteiger partial charge >= 0.3 is 0 Å². The average molecular weight is 156 g/mol. The van der Waals surface area contributed by atoms with Crippen molar-refractivity contribution in [3.8, 4) is 0 Å². The lowest BCUT2D eigenvalue weighted by Gasteiger charge is -2.23. The molecule has 0 unspecified atom stereocenters. The maximum absolute atomic E-state index is 5.76. The molecule has 0 aromatic rings. The minimum Gasteiger partial charge on any atom is -0.347 e. The van der Waals surface area contributed by atoms with Crippen molar-refractivity contribution in [2.24, 2.45) is 0 Å². The summed E-state index contributed by atoms with van der Waals surface area (Å²) in [4.78, 5) is 0. The van der Waals surface area contributed by atoms with E-state index in [1.807, 2.05) is 0 Å². The van der Waals surface area contributed by atoms with E-state index >= 15 is 0 Å². The lowest BCUT2D eigenvalue weighted by molar-refractivity contribution is -0.210. The van der Waals surface area contributed by atoms with E-state index in [4.69, 9.17) is 9.47 Å². The van der Waals surface area contributed by atoms with Crippen molar-refractivity contribution in [2.45, 2.75) is 57.5 Å². The number of hydrogen-bond acceptors (Lipinski definition) is 2. The Hall–Kier alpha value is -0.0800. The Kier molecular flexibility index (Phi) is 1.69. The first-order chi connectivity index (χ1) is 5.20. The highest BCUT2D eigenvalue weighted by Crippen LogP contribution is 2.41. The van der Waals surface area contributed by atoms with Crippen LogP contribution in [-0.2, 0) is 9.47 Å². The van der Waals surface area contributed by atoms with E-state index in [0.29, 0.717) is 12.2 Å². The predicted octanol–water partition coefficient (Wildman–Crippen LogP) is 2.08. The van der Waals surface area contributed by atoms with Gasteiger partial charge in [-0.15, -0.1) is 0 Å². The van der Waals surface area contributed by atoms with Gasteiger partial charge in [-0.2, -0.15) is 0 Å². The van der Waals surface area contributed by atoms with E-state index in [9.17, 15) is 0 Å². The summed E-state index contributed by atoms with van der Waals surface area (Å²) in [7, 11) is 0. The molecule has 11 heavy (non-hydrogen) atoms. The zero-order valence-electron chi connectivity index (χ0n) is 7.30. The predicted molar refractivity (Wildman–Crippen MR) is 42.3 cm³/mol. The van der Waals surface area contributed by atoms with Gasteiger partial charge in [0.1, 0.15) is 0 Å². The molecule has 2 heterocycles. The lowest BCUT2D eigenvalue weighted by Crippen LogP contribution is -2.28. The van der Waals surface area contributed by atoms with Crippen molar-refractivity contribution in [1.29, 1.82) is 0 Å². The average Bonchev–Trinajstić information content (AvgIpc) is 2.44. The Balaban J connectivity index is 2.02. The monoisotopic (exact) mass is 156 g/mol. The summed E-state index contributed by atoms with van der Waals surface area (Å²) in [5.74, 6) is -0.168. The SMILES string of the molecule is C[C@@H]1CCC2(CC[C@@H](C)O2)O1. The van der Waals surface area contributed by atoms with Crippen LogP contribution in [0.25, 0.3) is 0 Å². The van der Waals surface area contributed by atoms with E-state index in [1.54, 1.807) is 0 Å². The third kappa shape index (κ3) is 1.30. The summed E-state index contributed by atoms with van der Waals surface area (Å²) in [6.07, 6.45) is 5.32. The van der Waals surface area contributed by atoms with Gasteiger partial charge in [-0.25, -0.2) is 0 Å². The van der Waals surface area contributed by atoms with Gasteiger partial charge in [0.05, 0.1) is 12.2 Å². The number of rotatable bonds is 0. The van der Waals surface area contributed by atoms with Crippen LogP contribution in [0.2, 0.25) is 0 Å². The summed E-state index contributed by atoms with van der Waals surface area (Å²) in [6.45, 7) is 4.25. The summed E-state index contributed by atoms with van der Waals surface area (Å²) >= 11 is 0. The van der Waals surface area contributed by atoms with Crippen LogP contribution in [0, 0.1) is 0 Å². The molecule has 2 fully saturated rings. The molecule has 0 amide bonds. The molecule has 2 nitrogen and oxygen atoms in total. The molecular formula is C9H16O2. The lowest BCUT2D eigenvalue weighted by atomic mass is 10.1. The first-order valence-corrected chi connectivity index (χ1v) is 4.56. The molecule has 2 atom stereocenters. The van der Waals surface area contributed by atoms with Crippen molar-refractivity contribution < 1.29 is 9.47 Å². The molecule has 0 aromatic heterocycles. The Bertz CT molecular complexity index is 138. The summed E-state index contributed by atoms with van der Waals surface area (Å²) in [5, 5.41) is 0. The molecule has 2 saturated heterocycles. The van der Waals surface area contributed by atoms with Gasteiger partial charge < -0.3 is 9.47 Å². The van der Waals surface area contributed by atoms with Crippen LogP contribution in [-0.4, -0.2) is 18.0 Å². The third-order valence-corrected chi connectivity index (χ3v) is 2.70. The summed E-state index contributed by atoms with van der Waals surface area (Å²) in [5.41, 5.74) is 0. The molecule has 0 bridgehead atoms. The van der Waals surface area contributed by atoms with E-state index in [0.717, 1.165) is 25.7 Å². The van der Waals surface area contributed by atoms with Crippen molar-refractivity contribution in [3.63, 3.8) is 0 Å². The van der Waals surface area contributed by atoms with Crippen LogP contribution in [0.15, 0.2) is 0 Å². The van der Waals surface area contributed by atoms with Gasteiger partial charge in [0.2, 0.25) is 0 Å². The van der Waals surface area contributed by atoms with Crippen LogP contribution in [0.3, 0.4) is 0 Å². The Morgan fingerprint density at radius 3 is 1.73 bits per heavy atom. The maximum atomic E-state index is 5.76. The zero-order valence-corrected chi connectivity index (χ0v) is 7.30. The maximum Gasteiger partial charge on any atom is 0.169 e. The second kappa shape index (κ2) is 2.46. The van der Waals surface area contributed by atoms with Crippen molar-refractivity contribution in [1.82, 2.24) is 0 Å². The van der Waals surface area contributed by atoms with Gasteiger partial charge in [-0.3, -0.25) is 0 Å². The fourth-order valence-corrected chi connectivity index (χ4v) is 2.09. The Morgan fingerprint density at radius 2 is 1.45 bits per heavy atom. The van der Waals surface area contributed by atoms with Gasteiger partial charge in [0, 0.05) is 12.8 Å². The minimum atomic E-state index is -0.168. The quantitative estimate of drug-likeness (QED) is 0.534. The van der Waals surface area contributed by atoms with Crippen LogP contribution in [0.5, 0.6) is 0 Å². The Labute approximate surface area is 67.9 Å². The van der Waals surface area contributed by atoms with Gasteiger partial charge in [0.15, 0.2) is 5.79 Å². The molecule has 2 rings (SSSR count). The van der Waals surface area contributed by atoms with E-state index in [-0.39, 0.29) is 5.79 Å². The second-order valence-electron chi connectivity index (χ2n) is 3.84. The standard InChI is InChI=1S/C9H16O2/c1-7-3-5-9(10-7)6-4-8(2)11-9/h7-8H,3-6H2,1-2H3/t7-,8-,9?/m1/s1. The highest BCUT2D eigenvalue weighted by molar-refractivity contribution is 4.85. The molecule has 2 aliphatic heterocycles. The van der Waals surface area contributed by atoms with Crippen LogP contribution >= 0.6 is 0 Å². The normalized spacial score (nSPS) is 42.0. The van der Waals surface area contributed by atoms with Crippen molar-refractivity contribution in [2.75, 3.05) is 0 Å². The largest absolute Gasteiger partial charge is 0.347 e. The van der Waals surface area contributed by atoms with E-state index < -0.39 is 0 Å². The van der Waals surface area contributed by atoms with Crippen LogP contribution < -0.4 is 0 Å². The van der Waals surface area contributed by atoms with Gasteiger partial charge in [0.25, 0.3) is 0 Å². The molecule has 1 spiro atoms. The van der Waals surface area contributed by atoms with Crippen molar-refractivity contribution >= 4 is 0 Å². The fraction of sp³-hybridized carbons (Fsp3) is 1.00. The van der Waals surface area contributed by atoms with Gasteiger partial charge in [-0.05, 0) is 26.7 Å². The van der Waals surface area contributed by atoms with Crippen LogP contribution in [0.1, 0.15) is 39.5 Å². The minimum absolute atomic E-state index is 0.168. The van der Waals surface area contributed by atoms with Gasteiger partial charge in [-0.1, -0.05) is 0 Å². The van der Waals surface area contributed by atoms with E-state index in [2.05, 4.69) is 13.8 Å². The molecule has 0 aromatic carbocycles. The smallest absolute Gasteiger partial charge is 0.169 e. The molecule has 0 N–H and O–H groups in total. The molecular weight excluding hydrogens is 140 g/mol. The van der Waals surface area contributed by atoms with E-state index in [1.165, 1.54) is 0 Å². The number of hydrogen-bond donors (Lipinski definition) is 0. The first-order valence-electron chi connectivity index (χ1n) is 4.56. The Morgan fingerprint density at radius 1 is 1.00 bits per heavy atom. The molecule has 64 valence electrons. The first kappa shape index (κ1) is 7.56. The number of ether oxygens (including phenoxy) is 2. The molecule has 2 aliphatic rings. The summed E-state index contributed by atoms with van der Waals surface area (Å²) < 4.78 is 11.5. The highest BCUT2D eigenvalue weighted by atomic mass is 16.7. The highest BCUT2D eigenvalue weighted by Gasteiger charge is 2.44. The fourth-order valence-electron chi connectivity index (χ4n) is 2.09. The topological polar surface area (TPSA) is 18.5 Å². The zero-order chi connectivity index (χ0) is 7.90. The van der Waals surface area contributed by atoms with Crippen molar-refractivity contribution in [3.05, 3.63) is 0 Å². The third-order valence-electron chi connectivity index (χ3n) is 2.70. The molecule has 0 saturated carbocycles. The van der Waals surface area contributed by atoms with Crippen LogP contribution in [0.4, 0.5) is 0 Å². The summed E-state index contributed by atoms with van der Waals surface area (Å²) in [6, 6.07) is 0. The molecule has 0 aliphatic carbocycles. The molecule has 0 radical (unpaired) electrons.